The Labute approximate surface area is 126 Å². The predicted molar refractivity (Wildman–Crippen MR) is 68.7 cm³/mol. The molecule has 100 valence electrons. The fraction of sp³-hybridized carbons (Fsp3) is 0.500. The molecule has 0 atom stereocenters. The summed E-state index contributed by atoms with van der Waals surface area (Å²) in [6, 6.07) is 4.12. The van der Waals surface area contributed by atoms with Crippen molar-refractivity contribution in [2.45, 2.75) is 25.8 Å². The second kappa shape index (κ2) is 5.47. The lowest BCUT2D eigenvalue weighted by Gasteiger charge is -2.26. The number of fused-ring (bicyclic) bond motifs is 1. The number of hydrogen-bond donors (Lipinski definition) is 0. The van der Waals surface area contributed by atoms with Gasteiger partial charge in [-0.25, -0.2) is 4.58 Å². The standard InChI is InChI=1S/C14H20NO2.HI/c1-14(2)8-10-6-12(16-4)13(17-5)7-11(10)9-15(14)3;/h6-7,9H,8H2,1-5H3;1H/q+1;/p-1. The average molecular weight is 361 g/mol. The quantitative estimate of drug-likeness (QED) is 0.503. The fourth-order valence-electron chi connectivity index (χ4n) is 2.18. The Morgan fingerprint density at radius 2 is 1.67 bits per heavy atom. The molecule has 0 saturated heterocycles. The van der Waals surface area contributed by atoms with E-state index in [4.69, 9.17) is 9.47 Å². The van der Waals surface area contributed by atoms with Crippen LogP contribution in [0.3, 0.4) is 0 Å². The monoisotopic (exact) mass is 361 g/mol. The van der Waals surface area contributed by atoms with Crippen molar-refractivity contribution in [1.29, 1.82) is 0 Å². The van der Waals surface area contributed by atoms with Crippen LogP contribution in [0.1, 0.15) is 25.0 Å². The molecule has 0 bridgehead atoms. The Kier molecular flexibility index (Phi) is 4.64. The van der Waals surface area contributed by atoms with E-state index < -0.39 is 0 Å². The molecule has 0 spiro atoms. The summed E-state index contributed by atoms with van der Waals surface area (Å²) in [6.45, 7) is 4.48. The van der Waals surface area contributed by atoms with Gasteiger partial charge in [0, 0.05) is 25.8 Å². The summed E-state index contributed by atoms with van der Waals surface area (Å²) >= 11 is 0. The van der Waals surface area contributed by atoms with E-state index in [9.17, 15) is 0 Å². The van der Waals surface area contributed by atoms with Crippen LogP contribution in [0.25, 0.3) is 0 Å². The number of likely N-dealkylation sites (N-methyl/N-ethyl adjacent to an activating group) is 1. The molecule has 0 unspecified atom stereocenters. The maximum absolute atomic E-state index is 5.34. The van der Waals surface area contributed by atoms with Gasteiger partial charge in [-0.05, 0) is 17.7 Å². The van der Waals surface area contributed by atoms with Gasteiger partial charge >= 0.3 is 0 Å². The van der Waals surface area contributed by atoms with E-state index in [2.05, 4.69) is 37.8 Å². The highest BCUT2D eigenvalue weighted by atomic mass is 127. The molecule has 0 N–H and O–H groups in total. The Morgan fingerprint density at radius 3 is 2.22 bits per heavy atom. The molecule has 4 heteroatoms. The Hall–Kier alpha value is -0.780. The summed E-state index contributed by atoms with van der Waals surface area (Å²) in [5.74, 6) is 1.59. The van der Waals surface area contributed by atoms with Gasteiger partial charge in [-0.15, -0.1) is 0 Å². The third-order valence-electron chi connectivity index (χ3n) is 3.56. The van der Waals surface area contributed by atoms with Gasteiger partial charge in [0.25, 0.3) is 0 Å². The van der Waals surface area contributed by atoms with Crippen molar-refractivity contribution in [1.82, 2.24) is 0 Å². The number of ether oxygens (including phenoxy) is 2. The molecule has 1 aliphatic rings. The summed E-state index contributed by atoms with van der Waals surface area (Å²) in [5.41, 5.74) is 2.67. The van der Waals surface area contributed by atoms with E-state index in [1.807, 2.05) is 6.07 Å². The lowest BCUT2D eigenvalue weighted by molar-refractivity contribution is -0.572. The van der Waals surface area contributed by atoms with Crippen molar-refractivity contribution in [3.63, 3.8) is 0 Å². The van der Waals surface area contributed by atoms with Crippen LogP contribution in [0.15, 0.2) is 12.1 Å². The third-order valence-corrected chi connectivity index (χ3v) is 3.56. The second-order valence-corrected chi connectivity index (χ2v) is 5.14. The molecule has 0 aromatic heterocycles. The number of nitrogens with zero attached hydrogens (tertiary/aromatic N) is 1. The largest absolute Gasteiger partial charge is 1.00 e. The molecule has 1 aromatic carbocycles. The fourth-order valence-corrected chi connectivity index (χ4v) is 2.18. The minimum Gasteiger partial charge on any atom is -1.00 e. The minimum absolute atomic E-state index is 0. The van der Waals surface area contributed by atoms with Crippen LogP contribution in [0.2, 0.25) is 0 Å². The van der Waals surface area contributed by atoms with E-state index in [0.29, 0.717) is 0 Å². The first-order valence-electron chi connectivity index (χ1n) is 5.80. The molecule has 0 aliphatic carbocycles. The molecule has 0 amide bonds. The number of benzene rings is 1. The van der Waals surface area contributed by atoms with Gasteiger partial charge in [-0.3, -0.25) is 0 Å². The van der Waals surface area contributed by atoms with Gasteiger partial charge in [0.05, 0.1) is 14.2 Å². The first-order valence-corrected chi connectivity index (χ1v) is 5.80. The number of halogens is 1. The van der Waals surface area contributed by atoms with Crippen molar-refractivity contribution in [3.05, 3.63) is 23.3 Å². The van der Waals surface area contributed by atoms with E-state index in [0.717, 1.165) is 17.9 Å². The van der Waals surface area contributed by atoms with Gasteiger partial charge in [-0.2, -0.15) is 0 Å². The molecular formula is C14H20INO2. The molecule has 3 nitrogen and oxygen atoms in total. The van der Waals surface area contributed by atoms with Crippen LogP contribution in [-0.4, -0.2) is 37.6 Å². The topological polar surface area (TPSA) is 21.5 Å². The van der Waals surface area contributed by atoms with Crippen LogP contribution in [0, 0.1) is 0 Å². The SMILES string of the molecule is COc1cc2c(cc1OC)CC(C)(C)[N+](C)=C2.[I-]. The number of methoxy groups -OCH3 is 2. The Balaban J connectivity index is 0.00000162. The lowest BCUT2D eigenvalue weighted by Crippen LogP contribution is -3.00. The lowest BCUT2D eigenvalue weighted by atomic mass is 9.88. The van der Waals surface area contributed by atoms with Crippen LogP contribution in [0.5, 0.6) is 11.5 Å². The number of rotatable bonds is 2. The molecule has 2 rings (SSSR count). The van der Waals surface area contributed by atoms with Gasteiger partial charge in [0.1, 0.15) is 7.05 Å². The van der Waals surface area contributed by atoms with Gasteiger partial charge in [0.15, 0.2) is 23.3 Å². The molecule has 18 heavy (non-hydrogen) atoms. The smallest absolute Gasteiger partial charge is 0.171 e. The van der Waals surface area contributed by atoms with Crippen LogP contribution < -0.4 is 33.5 Å². The van der Waals surface area contributed by atoms with E-state index >= 15 is 0 Å². The zero-order chi connectivity index (χ0) is 12.6. The average Bonchev–Trinajstić information content (AvgIpc) is 2.28. The predicted octanol–water partition coefficient (Wildman–Crippen LogP) is -0.896. The van der Waals surface area contributed by atoms with Crippen molar-refractivity contribution in [3.8, 4) is 11.5 Å². The maximum Gasteiger partial charge on any atom is 0.171 e. The van der Waals surface area contributed by atoms with Crippen LogP contribution >= 0.6 is 0 Å². The Morgan fingerprint density at radius 1 is 1.11 bits per heavy atom. The Bertz CT molecular complexity index is 481. The van der Waals surface area contributed by atoms with Gasteiger partial charge < -0.3 is 33.5 Å². The molecule has 1 heterocycles. The maximum atomic E-state index is 5.34. The molecule has 0 radical (unpaired) electrons. The summed E-state index contributed by atoms with van der Waals surface area (Å²) in [6.07, 6.45) is 3.18. The molecular weight excluding hydrogens is 341 g/mol. The molecule has 0 saturated carbocycles. The van der Waals surface area contributed by atoms with Crippen molar-refractivity contribution in [2.24, 2.45) is 0 Å². The molecule has 1 aromatic rings. The number of hydrogen-bond acceptors (Lipinski definition) is 2. The summed E-state index contributed by atoms with van der Waals surface area (Å²) in [7, 11) is 5.45. The summed E-state index contributed by atoms with van der Waals surface area (Å²) < 4.78 is 12.9. The zero-order valence-corrected chi connectivity index (χ0v) is 13.7. The normalized spacial score (nSPS) is 16.2. The van der Waals surface area contributed by atoms with Crippen LogP contribution in [-0.2, 0) is 6.42 Å². The van der Waals surface area contributed by atoms with Gasteiger partial charge in [0.2, 0.25) is 0 Å². The van der Waals surface area contributed by atoms with Crippen molar-refractivity contribution >= 4 is 6.21 Å². The third kappa shape index (κ3) is 2.63. The zero-order valence-electron chi connectivity index (χ0n) is 11.6. The summed E-state index contributed by atoms with van der Waals surface area (Å²) in [4.78, 5) is 0. The van der Waals surface area contributed by atoms with E-state index in [-0.39, 0.29) is 29.5 Å². The summed E-state index contributed by atoms with van der Waals surface area (Å²) in [5, 5.41) is 0. The second-order valence-electron chi connectivity index (χ2n) is 5.14. The highest BCUT2D eigenvalue weighted by molar-refractivity contribution is 5.81. The van der Waals surface area contributed by atoms with E-state index in [1.54, 1.807) is 14.2 Å². The van der Waals surface area contributed by atoms with E-state index in [1.165, 1.54) is 11.1 Å². The van der Waals surface area contributed by atoms with Gasteiger partial charge in [-0.1, -0.05) is 0 Å². The first-order chi connectivity index (χ1) is 7.97. The first kappa shape index (κ1) is 15.3. The molecule has 1 aliphatic heterocycles. The van der Waals surface area contributed by atoms with Crippen molar-refractivity contribution < 1.29 is 38.0 Å². The minimum atomic E-state index is 0. The van der Waals surface area contributed by atoms with Crippen molar-refractivity contribution in [2.75, 3.05) is 21.3 Å². The highest BCUT2D eigenvalue weighted by Crippen LogP contribution is 2.33. The highest BCUT2D eigenvalue weighted by Gasteiger charge is 2.33. The molecule has 0 fully saturated rings. The van der Waals surface area contributed by atoms with Crippen LogP contribution in [0.4, 0.5) is 0 Å².